The van der Waals surface area contributed by atoms with Gasteiger partial charge in [0.05, 0.1) is 5.56 Å². The zero-order valence-corrected chi connectivity index (χ0v) is 11.5. The van der Waals surface area contributed by atoms with Crippen LogP contribution in [0.1, 0.15) is 44.0 Å². The molecule has 1 rings (SSSR count). The molecule has 0 saturated carbocycles. The number of rotatable bonds is 7. The minimum Gasteiger partial charge on any atom is -0.370 e. The third-order valence-electron chi connectivity index (χ3n) is 2.64. The van der Waals surface area contributed by atoms with Gasteiger partial charge >= 0.3 is 0 Å². The first kappa shape index (κ1) is 14.5. The molecule has 1 aromatic heterocycles. The van der Waals surface area contributed by atoms with E-state index in [-0.39, 0.29) is 5.91 Å². The fourth-order valence-corrected chi connectivity index (χ4v) is 1.70. The number of carbonyl (C=O) groups excluding carboxylic acids is 1. The number of nitrogens with one attached hydrogen (secondary N) is 2. The average molecular weight is 249 g/mol. The minimum absolute atomic E-state index is 0.0530. The van der Waals surface area contributed by atoms with Crippen molar-refractivity contribution in [2.45, 2.75) is 33.6 Å². The van der Waals surface area contributed by atoms with Gasteiger partial charge in [-0.1, -0.05) is 13.8 Å². The van der Waals surface area contributed by atoms with Crippen LogP contribution < -0.4 is 10.6 Å². The van der Waals surface area contributed by atoms with E-state index in [9.17, 15) is 4.79 Å². The summed E-state index contributed by atoms with van der Waals surface area (Å²) in [6, 6.07) is 3.58. The molecule has 0 radical (unpaired) electrons. The van der Waals surface area contributed by atoms with Crippen molar-refractivity contribution >= 4 is 11.7 Å². The predicted molar refractivity (Wildman–Crippen MR) is 74.8 cm³/mol. The Labute approximate surface area is 109 Å². The number of anilines is 1. The zero-order valence-electron chi connectivity index (χ0n) is 11.5. The fourth-order valence-electron chi connectivity index (χ4n) is 1.70. The van der Waals surface area contributed by atoms with Crippen LogP contribution in [0.25, 0.3) is 0 Å². The van der Waals surface area contributed by atoms with E-state index in [1.807, 2.05) is 6.92 Å². The summed E-state index contributed by atoms with van der Waals surface area (Å²) >= 11 is 0. The summed E-state index contributed by atoms with van der Waals surface area (Å²) in [7, 11) is 0. The molecule has 2 N–H and O–H groups in total. The van der Waals surface area contributed by atoms with Crippen molar-refractivity contribution in [1.29, 1.82) is 0 Å². The highest BCUT2D eigenvalue weighted by atomic mass is 16.1. The molecule has 0 aliphatic rings. The number of hydrogen-bond donors (Lipinski definition) is 2. The van der Waals surface area contributed by atoms with Crippen LogP contribution in [-0.4, -0.2) is 24.0 Å². The summed E-state index contributed by atoms with van der Waals surface area (Å²) in [6.45, 7) is 7.83. The fraction of sp³-hybridized carbons (Fsp3) is 0.571. The number of aromatic nitrogens is 1. The van der Waals surface area contributed by atoms with E-state index in [0.29, 0.717) is 17.3 Å². The third-order valence-corrected chi connectivity index (χ3v) is 2.64. The summed E-state index contributed by atoms with van der Waals surface area (Å²) in [4.78, 5) is 16.2. The van der Waals surface area contributed by atoms with Crippen molar-refractivity contribution in [2.24, 2.45) is 5.92 Å². The van der Waals surface area contributed by atoms with Crippen molar-refractivity contribution in [1.82, 2.24) is 10.3 Å². The van der Waals surface area contributed by atoms with Crippen molar-refractivity contribution in [3.05, 3.63) is 23.9 Å². The first-order valence-corrected chi connectivity index (χ1v) is 6.62. The standard InChI is InChI=1S/C14H23N3O/c1-4-15-13-12(8-6-9-16-13)14(18)17-10-5-7-11(2)3/h6,8-9,11H,4-5,7,10H2,1-3H3,(H,15,16)(H,17,18). The average Bonchev–Trinajstić information content (AvgIpc) is 2.35. The molecule has 4 nitrogen and oxygen atoms in total. The van der Waals surface area contributed by atoms with Crippen molar-refractivity contribution in [3.8, 4) is 0 Å². The summed E-state index contributed by atoms with van der Waals surface area (Å²) < 4.78 is 0. The molecule has 100 valence electrons. The van der Waals surface area contributed by atoms with E-state index >= 15 is 0 Å². The zero-order chi connectivity index (χ0) is 13.4. The molecule has 1 aromatic rings. The van der Waals surface area contributed by atoms with Crippen LogP contribution in [-0.2, 0) is 0 Å². The lowest BCUT2D eigenvalue weighted by Gasteiger charge is -2.10. The lowest BCUT2D eigenvalue weighted by Crippen LogP contribution is -2.26. The van der Waals surface area contributed by atoms with Gasteiger partial charge in [0.1, 0.15) is 5.82 Å². The van der Waals surface area contributed by atoms with E-state index in [1.165, 1.54) is 0 Å². The van der Waals surface area contributed by atoms with E-state index in [0.717, 1.165) is 25.9 Å². The lowest BCUT2D eigenvalue weighted by molar-refractivity contribution is 0.0953. The first-order valence-electron chi connectivity index (χ1n) is 6.62. The molecule has 0 atom stereocenters. The molecule has 1 amide bonds. The molecular formula is C14H23N3O. The normalized spacial score (nSPS) is 10.4. The van der Waals surface area contributed by atoms with Gasteiger partial charge in [-0.2, -0.15) is 0 Å². The molecule has 0 aliphatic heterocycles. The molecule has 0 saturated heterocycles. The predicted octanol–water partition coefficient (Wildman–Crippen LogP) is 2.68. The maximum Gasteiger partial charge on any atom is 0.255 e. The Hall–Kier alpha value is -1.58. The monoisotopic (exact) mass is 249 g/mol. The maximum absolute atomic E-state index is 12.0. The van der Waals surface area contributed by atoms with Crippen LogP contribution in [0.4, 0.5) is 5.82 Å². The molecule has 0 aromatic carbocycles. The van der Waals surface area contributed by atoms with E-state index in [4.69, 9.17) is 0 Å². The highest BCUT2D eigenvalue weighted by Gasteiger charge is 2.10. The van der Waals surface area contributed by atoms with Crippen molar-refractivity contribution < 1.29 is 4.79 Å². The molecule has 1 heterocycles. The number of nitrogens with zero attached hydrogens (tertiary/aromatic N) is 1. The third kappa shape index (κ3) is 4.73. The summed E-state index contributed by atoms with van der Waals surface area (Å²) in [5.74, 6) is 1.28. The number of carbonyl (C=O) groups is 1. The molecule has 0 unspecified atom stereocenters. The SMILES string of the molecule is CCNc1ncccc1C(=O)NCCCC(C)C. The van der Waals surface area contributed by atoms with Crippen molar-refractivity contribution in [2.75, 3.05) is 18.4 Å². The van der Waals surface area contributed by atoms with Crippen LogP contribution >= 0.6 is 0 Å². The highest BCUT2D eigenvalue weighted by Crippen LogP contribution is 2.11. The van der Waals surface area contributed by atoms with Crippen molar-refractivity contribution in [3.63, 3.8) is 0 Å². The van der Waals surface area contributed by atoms with Crippen LogP contribution in [0, 0.1) is 5.92 Å². The minimum atomic E-state index is -0.0530. The van der Waals surface area contributed by atoms with Gasteiger partial charge in [-0.25, -0.2) is 4.98 Å². The van der Waals surface area contributed by atoms with Crippen LogP contribution in [0.2, 0.25) is 0 Å². The molecule has 18 heavy (non-hydrogen) atoms. The van der Waals surface area contributed by atoms with Crippen LogP contribution in [0.15, 0.2) is 18.3 Å². The van der Waals surface area contributed by atoms with Gasteiger partial charge in [-0.3, -0.25) is 4.79 Å². The second-order valence-corrected chi connectivity index (χ2v) is 4.72. The van der Waals surface area contributed by atoms with Gasteiger partial charge in [0.2, 0.25) is 0 Å². The Morgan fingerprint density at radius 2 is 2.22 bits per heavy atom. The van der Waals surface area contributed by atoms with E-state index in [2.05, 4.69) is 29.5 Å². The molecule has 0 spiro atoms. The van der Waals surface area contributed by atoms with Gasteiger partial charge in [0, 0.05) is 19.3 Å². The molecule has 0 aliphatic carbocycles. The van der Waals surface area contributed by atoms with E-state index < -0.39 is 0 Å². The van der Waals surface area contributed by atoms with Gasteiger partial charge in [-0.15, -0.1) is 0 Å². The molecular weight excluding hydrogens is 226 g/mol. The number of amides is 1. The Balaban J connectivity index is 2.50. The molecule has 0 bridgehead atoms. The molecule has 4 heteroatoms. The van der Waals surface area contributed by atoms with E-state index in [1.54, 1.807) is 18.3 Å². The summed E-state index contributed by atoms with van der Waals surface area (Å²) in [6.07, 6.45) is 3.83. The quantitative estimate of drug-likeness (QED) is 0.730. The van der Waals surface area contributed by atoms with Gasteiger partial charge < -0.3 is 10.6 Å². The molecule has 0 fully saturated rings. The first-order chi connectivity index (χ1) is 8.65. The topological polar surface area (TPSA) is 54.0 Å². The summed E-state index contributed by atoms with van der Waals surface area (Å²) in [5, 5.41) is 6.03. The largest absolute Gasteiger partial charge is 0.370 e. The maximum atomic E-state index is 12.0. The Kier molecular flexibility index (Phi) is 6.19. The van der Waals surface area contributed by atoms with Gasteiger partial charge in [0.15, 0.2) is 0 Å². The number of hydrogen-bond acceptors (Lipinski definition) is 3. The summed E-state index contributed by atoms with van der Waals surface area (Å²) in [5.41, 5.74) is 0.615. The second kappa shape index (κ2) is 7.69. The second-order valence-electron chi connectivity index (χ2n) is 4.72. The van der Waals surface area contributed by atoms with Crippen LogP contribution in [0.5, 0.6) is 0 Å². The Morgan fingerprint density at radius 1 is 1.44 bits per heavy atom. The van der Waals surface area contributed by atoms with Gasteiger partial charge in [-0.05, 0) is 37.8 Å². The van der Waals surface area contributed by atoms with Crippen LogP contribution in [0.3, 0.4) is 0 Å². The van der Waals surface area contributed by atoms with Gasteiger partial charge in [0.25, 0.3) is 5.91 Å². The Morgan fingerprint density at radius 3 is 2.89 bits per heavy atom. The lowest BCUT2D eigenvalue weighted by atomic mass is 10.1. The number of pyridine rings is 1. The highest BCUT2D eigenvalue weighted by molar-refractivity contribution is 5.98. The Bertz CT molecular complexity index is 377. The smallest absolute Gasteiger partial charge is 0.255 e.